The van der Waals surface area contributed by atoms with Crippen molar-refractivity contribution in [2.75, 3.05) is 31.3 Å². The molecule has 0 fully saturated rings. The largest absolute Gasteiger partial charge is 0.493 e. The van der Waals surface area contributed by atoms with Crippen molar-refractivity contribution in [3.63, 3.8) is 0 Å². The molecule has 3 aromatic rings. The molecule has 9 nitrogen and oxygen atoms in total. The van der Waals surface area contributed by atoms with E-state index in [9.17, 15) is 18.4 Å². The molecule has 0 bridgehead atoms. The van der Waals surface area contributed by atoms with Crippen molar-refractivity contribution in [1.29, 1.82) is 5.26 Å². The zero-order valence-corrected chi connectivity index (χ0v) is 23.5. The number of nitrogen functional groups attached to an aromatic ring is 2. The molecule has 0 aliphatic carbocycles. The van der Waals surface area contributed by atoms with E-state index < -0.39 is 18.0 Å². The first-order chi connectivity index (χ1) is 20.7. The van der Waals surface area contributed by atoms with Crippen LogP contribution in [-0.2, 0) is 20.4 Å². The van der Waals surface area contributed by atoms with Crippen molar-refractivity contribution in [2.24, 2.45) is 0 Å². The molecule has 4 N–H and O–H groups in total. The SMILES string of the molecule is N#CCCOc1ccc(C(F)(F)Oc2ccc(C=CC(=O)OCCCCCCOC(=O)c3cc(N)cc(N)c3)cc2)cc1. The number of benzene rings is 3. The number of alkyl halides is 2. The summed E-state index contributed by atoms with van der Waals surface area (Å²) in [5.74, 6) is -0.686. The Balaban J connectivity index is 1.31. The molecule has 11 heteroatoms. The van der Waals surface area contributed by atoms with Crippen LogP contribution in [0.4, 0.5) is 20.2 Å². The Hall–Kier alpha value is -5.11. The topological polar surface area (TPSA) is 147 Å². The number of esters is 2. The van der Waals surface area contributed by atoms with Gasteiger partial charge in [-0.25, -0.2) is 9.59 Å². The van der Waals surface area contributed by atoms with Gasteiger partial charge in [0.15, 0.2) is 0 Å². The molecule has 0 saturated heterocycles. The van der Waals surface area contributed by atoms with Crippen LogP contribution >= 0.6 is 0 Å². The molecule has 226 valence electrons. The second-order valence-corrected chi connectivity index (χ2v) is 9.41. The lowest BCUT2D eigenvalue weighted by Crippen LogP contribution is -2.21. The van der Waals surface area contributed by atoms with Gasteiger partial charge in [-0.05, 0) is 91.9 Å². The van der Waals surface area contributed by atoms with Crippen LogP contribution < -0.4 is 20.9 Å². The summed E-state index contributed by atoms with van der Waals surface area (Å²) < 4.78 is 49.7. The average molecular weight is 594 g/mol. The van der Waals surface area contributed by atoms with E-state index in [0.717, 1.165) is 12.8 Å². The van der Waals surface area contributed by atoms with Gasteiger partial charge >= 0.3 is 18.0 Å². The first-order valence-electron chi connectivity index (χ1n) is 13.6. The maximum Gasteiger partial charge on any atom is 0.426 e. The summed E-state index contributed by atoms with van der Waals surface area (Å²) in [5, 5.41) is 8.53. The van der Waals surface area contributed by atoms with E-state index in [0.29, 0.717) is 41.1 Å². The second kappa shape index (κ2) is 16.4. The van der Waals surface area contributed by atoms with Crippen LogP contribution in [0.5, 0.6) is 11.5 Å². The van der Waals surface area contributed by atoms with Crippen molar-refractivity contribution in [1.82, 2.24) is 0 Å². The van der Waals surface area contributed by atoms with E-state index in [1.54, 1.807) is 6.07 Å². The molecule has 0 atom stereocenters. The highest BCUT2D eigenvalue weighted by molar-refractivity contribution is 5.91. The predicted octanol–water partition coefficient (Wildman–Crippen LogP) is 6.25. The normalized spacial score (nSPS) is 11.1. The van der Waals surface area contributed by atoms with Crippen LogP contribution in [0.15, 0.2) is 72.8 Å². The van der Waals surface area contributed by atoms with Gasteiger partial charge in [0.25, 0.3) is 0 Å². The fourth-order valence-corrected chi connectivity index (χ4v) is 3.80. The van der Waals surface area contributed by atoms with Gasteiger partial charge in [0.1, 0.15) is 18.1 Å². The number of ether oxygens (including phenoxy) is 4. The number of hydrogen-bond donors (Lipinski definition) is 2. The average Bonchev–Trinajstić information content (AvgIpc) is 2.98. The molecule has 0 aliphatic heterocycles. The van der Waals surface area contributed by atoms with Gasteiger partial charge in [-0.3, -0.25) is 0 Å². The number of nitrogens with zero attached hydrogens (tertiary/aromatic N) is 1. The minimum Gasteiger partial charge on any atom is -0.493 e. The molecule has 0 heterocycles. The van der Waals surface area contributed by atoms with E-state index >= 15 is 0 Å². The minimum absolute atomic E-state index is 0.0525. The zero-order valence-electron chi connectivity index (χ0n) is 23.5. The number of carbonyl (C=O) groups excluding carboxylic acids is 2. The predicted molar refractivity (Wildman–Crippen MR) is 157 cm³/mol. The number of nitrogens with two attached hydrogens (primary N) is 2. The number of anilines is 2. The van der Waals surface area contributed by atoms with Crippen molar-refractivity contribution >= 4 is 29.4 Å². The van der Waals surface area contributed by atoms with Crippen LogP contribution in [0.3, 0.4) is 0 Å². The Morgan fingerprint density at radius 3 is 2.05 bits per heavy atom. The van der Waals surface area contributed by atoms with Gasteiger partial charge in [0.2, 0.25) is 0 Å². The molecule has 0 saturated carbocycles. The summed E-state index contributed by atoms with van der Waals surface area (Å²) in [4.78, 5) is 24.0. The van der Waals surface area contributed by atoms with E-state index in [-0.39, 0.29) is 37.6 Å². The van der Waals surface area contributed by atoms with Gasteiger partial charge in [0.05, 0.1) is 36.8 Å². The molecular weight excluding hydrogens is 560 g/mol. The lowest BCUT2D eigenvalue weighted by atomic mass is 10.2. The van der Waals surface area contributed by atoms with Gasteiger partial charge in [0, 0.05) is 17.5 Å². The van der Waals surface area contributed by atoms with E-state index in [2.05, 4.69) is 0 Å². The van der Waals surface area contributed by atoms with Gasteiger partial charge in [-0.1, -0.05) is 12.1 Å². The fourth-order valence-electron chi connectivity index (χ4n) is 3.80. The standard InChI is InChI=1S/C32H33F2N3O6/c33-32(34,25-9-13-28(14-10-25)40-19-5-16-35)43-29-11-6-23(7-12-29)8-15-30(38)41-17-3-1-2-4-18-42-31(39)24-20-26(36)22-27(37)21-24/h6-15,20-22H,1-5,17-19,36-37H2. The van der Waals surface area contributed by atoms with Gasteiger partial charge in [-0.15, -0.1) is 0 Å². The number of halogens is 2. The third-order valence-corrected chi connectivity index (χ3v) is 5.94. The van der Waals surface area contributed by atoms with Gasteiger partial charge < -0.3 is 30.4 Å². The Morgan fingerprint density at radius 2 is 1.42 bits per heavy atom. The lowest BCUT2D eigenvalue weighted by Gasteiger charge is -2.18. The molecule has 0 unspecified atom stereocenters. The second-order valence-electron chi connectivity index (χ2n) is 9.41. The van der Waals surface area contributed by atoms with E-state index in [1.165, 1.54) is 72.8 Å². The fraction of sp³-hybridized carbons (Fsp3) is 0.281. The Kier molecular flexibility index (Phi) is 12.3. The molecule has 0 radical (unpaired) electrons. The summed E-state index contributed by atoms with van der Waals surface area (Å²) in [6.07, 6.45) is 2.27. The highest BCUT2D eigenvalue weighted by Gasteiger charge is 2.34. The van der Waals surface area contributed by atoms with Crippen molar-refractivity contribution in [3.8, 4) is 17.6 Å². The van der Waals surface area contributed by atoms with Crippen LogP contribution in [0.25, 0.3) is 6.08 Å². The summed E-state index contributed by atoms with van der Waals surface area (Å²) in [7, 11) is 0. The third-order valence-electron chi connectivity index (χ3n) is 5.94. The summed E-state index contributed by atoms with van der Waals surface area (Å²) in [6.45, 7) is 0.665. The molecule has 0 spiro atoms. The Bertz CT molecular complexity index is 1400. The van der Waals surface area contributed by atoms with Crippen molar-refractivity contribution < 1.29 is 37.3 Å². The summed E-state index contributed by atoms with van der Waals surface area (Å²) in [6, 6.07) is 17.5. The monoisotopic (exact) mass is 593 g/mol. The Morgan fingerprint density at radius 1 is 0.814 bits per heavy atom. The smallest absolute Gasteiger partial charge is 0.426 e. The number of hydrogen-bond acceptors (Lipinski definition) is 9. The Labute approximate surface area is 248 Å². The highest BCUT2D eigenvalue weighted by atomic mass is 19.3. The third kappa shape index (κ3) is 11.4. The maximum atomic E-state index is 14.6. The first kappa shape index (κ1) is 32.4. The number of rotatable bonds is 16. The molecule has 0 aromatic heterocycles. The summed E-state index contributed by atoms with van der Waals surface area (Å²) in [5.41, 5.74) is 12.7. The zero-order chi connectivity index (χ0) is 31.1. The minimum atomic E-state index is -3.58. The quantitative estimate of drug-likeness (QED) is 0.0852. The van der Waals surface area contributed by atoms with E-state index in [1.807, 2.05) is 6.07 Å². The maximum absolute atomic E-state index is 14.6. The van der Waals surface area contributed by atoms with Crippen molar-refractivity contribution in [2.45, 2.75) is 38.2 Å². The number of nitriles is 1. The van der Waals surface area contributed by atoms with Crippen LogP contribution in [-0.4, -0.2) is 31.8 Å². The molecular formula is C32H33F2N3O6. The van der Waals surface area contributed by atoms with Crippen molar-refractivity contribution in [3.05, 3.63) is 89.5 Å². The summed E-state index contributed by atoms with van der Waals surface area (Å²) >= 11 is 0. The van der Waals surface area contributed by atoms with Crippen LogP contribution in [0.1, 0.15) is 53.6 Å². The molecule has 43 heavy (non-hydrogen) atoms. The number of unbranched alkanes of at least 4 members (excludes halogenated alkanes) is 3. The van der Waals surface area contributed by atoms with Crippen LogP contribution in [0.2, 0.25) is 0 Å². The molecule has 0 aliphatic rings. The number of carbonyl (C=O) groups is 2. The molecule has 3 rings (SSSR count). The molecule has 3 aromatic carbocycles. The highest BCUT2D eigenvalue weighted by Crippen LogP contribution is 2.32. The molecule has 0 amide bonds. The first-order valence-corrected chi connectivity index (χ1v) is 13.6. The van der Waals surface area contributed by atoms with E-state index in [4.69, 9.17) is 35.7 Å². The van der Waals surface area contributed by atoms with Crippen LogP contribution in [0, 0.1) is 11.3 Å². The van der Waals surface area contributed by atoms with Gasteiger partial charge in [-0.2, -0.15) is 14.0 Å². The lowest BCUT2D eigenvalue weighted by molar-refractivity contribution is -0.185.